The summed E-state index contributed by atoms with van der Waals surface area (Å²) in [6.45, 7) is 2.55. The fourth-order valence-electron chi connectivity index (χ4n) is 3.31. The molecule has 0 atom stereocenters. The summed E-state index contributed by atoms with van der Waals surface area (Å²) in [5, 5.41) is 0.543. The number of anilines is 1. The largest absolute Gasteiger partial charge is 0.310 e. The van der Waals surface area contributed by atoms with E-state index < -0.39 is 0 Å². The Bertz CT molecular complexity index is 1060. The van der Waals surface area contributed by atoms with E-state index in [4.69, 9.17) is 0 Å². The number of halogens is 1. The second-order valence-corrected chi connectivity index (χ2v) is 7.13. The van der Waals surface area contributed by atoms with Gasteiger partial charge in [-0.25, -0.2) is 4.98 Å². The highest BCUT2D eigenvalue weighted by molar-refractivity contribution is 9.10. The van der Waals surface area contributed by atoms with E-state index in [1.54, 1.807) is 11.0 Å². The van der Waals surface area contributed by atoms with Crippen LogP contribution in [0, 0.1) is 6.92 Å². The summed E-state index contributed by atoms with van der Waals surface area (Å²) in [6, 6.07) is 11.4. The molecule has 0 saturated heterocycles. The second kappa shape index (κ2) is 6.11. The van der Waals surface area contributed by atoms with Crippen LogP contribution in [-0.2, 0) is 17.8 Å². The highest BCUT2D eigenvalue weighted by Gasteiger charge is 2.25. The highest BCUT2D eigenvalue weighted by atomic mass is 79.9. The molecule has 0 fully saturated rings. The predicted octanol–water partition coefficient (Wildman–Crippen LogP) is 3.06. The van der Waals surface area contributed by atoms with Gasteiger partial charge < -0.3 is 4.90 Å². The van der Waals surface area contributed by atoms with Crippen LogP contribution in [0.3, 0.4) is 0 Å². The molecule has 0 spiro atoms. The molecular weight excluding hydrogens is 382 g/mol. The van der Waals surface area contributed by atoms with Crippen LogP contribution in [0.25, 0.3) is 10.9 Å². The van der Waals surface area contributed by atoms with Crippen LogP contribution in [0.15, 0.2) is 52.0 Å². The molecule has 2 aromatic carbocycles. The molecule has 0 saturated carbocycles. The van der Waals surface area contributed by atoms with Gasteiger partial charge in [0.25, 0.3) is 5.56 Å². The van der Waals surface area contributed by atoms with Gasteiger partial charge in [0.2, 0.25) is 5.91 Å². The third kappa shape index (κ3) is 2.76. The maximum Gasteiger partial charge on any atom is 0.261 e. The van der Waals surface area contributed by atoms with E-state index in [-0.39, 0.29) is 18.0 Å². The summed E-state index contributed by atoms with van der Waals surface area (Å²) in [5.41, 5.74) is 3.52. The Kier molecular flexibility index (Phi) is 3.92. The van der Waals surface area contributed by atoms with Crippen LogP contribution in [0.1, 0.15) is 11.1 Å². The van der Waals surface area contributed by atoms with Gasteiger partial charge >= 0.3 is 0 Å². The third-order valence-corrected chi connectivity index (χ3v) is 5.09. The lowest BCUT2D eigenvalue weighted by molar-refractivity contribution is -0.119. The van der Waals surface area contributed by atoms with Crippen LogP contribution in [-0.4, -0.2) is 22.0 Å². The number of hydrogen-bond acceptors (Lipinski definition) is 3. The standard InChI is InChI=1S/C19H16BrN3O2/c1-12-3-2-4-15-18(12)21-11-22(19(15)25)10-17(24)23-8-7-13-9-14(20)5-6-16(13)23/h2-6,9,11H,7-8,10H2,1H3. The zero-order valence-corrected chi connectivity index (χ0v) is 15.3. The van der Waals surface area contributed by atoms with Crippen LogP contribution in [0.5, 0.6) is 0 Å². The molecule has 0 unspecified atom stereocenters. The fraction of sp³-hybridized carbons (Fsp3) is 0.211. The number of para-hydroxylation sites is 1. The maximum atomic E-state index is 12.7. The molecule has 1 amide bonds. The number of aromatic nitrogens is 2. The van der Waals surface area contributed by atoms with Gasteiger partial charge in [0.1, 0.15) is 6.54 Å². The van der Waals surface area contributed by atoms with Crippen molar-refractivity contribution in [3.63, 3.8) is 0 Å². The third-order valence-electron chi connectivity index (χ3n) is 4.60. The summed E-state index contributed by atoms with van der Waals surface area (Å²) in [4.78, 5) is 31.5. The van der Waals surface area contributed by atoms with Gasteiger partial charge in [-0.3, -0.25) is 14.2 Å². The molecule has 4 rings (SSSR count). The molecule has 0 radical (unpaired) electrons. The molecule has 0 aliphatic carbocycles. The Morgan fingerprint density at radius 2 is 2.12 bits per heavy atom. The van der Waals surface area contributed by atoms with E-state index in [0.29, 0.717) is 17.4 Å². The molecular formula is C19H16BrN3O2. The van der Waals surface area contributed by atoms with E-state index in [1.165, 1.54) is 10.9 Å². The topological polar surface area (TPSA) is 55.2 Å². The summed E-state index contributed by atoms with van der Waals surface area (Å²) in [5.74, 6) is -0.100. The first-order valence-corrected chi connectivity index (χ1v) is 8.87. The minimum atomic E-state index is -0.183. The zero-order valence-electron chi connectivity index (χ0n) is 13.7. The van der Waals surface area contributed by atoms with Crippen molar-refractivity contribution in [3.05, 3.63) is 68.7 Å². The molecule has 0 N–H and O–H groups in total. The monoisotopic (exact) mass is 397 g/mol. The highest BCUT2D eigenvalue weighted by Crippen LogP contribution is 2.30. The smallest absolute Gasteiger partial charge is 0.261 e. The Hall–Kier alpha value is -2.47. The first-order chi connectivity index (χ1) is 12.0. The molecule has 25 heavy (non-hydrogen) atoms. The number of hydrogen-bond donors (Lipinski definition) is 0. The van der Waals surface area contributed by atoms with E-state index in [1.807, 2.05) is 37.3 Å². The van der Waals surface area contributed by atoms with Gasteiger partial charge in [-0.05, 0) is 48.7 Å². The van der Waals surface area contributed by atoms with Crippen molar-refractivity contribution in [3.8, 4) is 0 Å². The minimum Gasteiger partial charge on any atom is -0.310 e. The Labute approximate surface area is 153 Å². The average Bonchev–Trinajstić information content (AvgIpc) is 3.01. The fourth-order valence-corrected chi connectivity index (χ4v) is 3.72. The molecule has 5 nitrogen and oxygen atoms in total. The van der Waals surface area contributed by atoms with Crippen molar-refractivity contribution in [2.24, 2.45) is 0 Å². The number of carbonyl (C=O) groups is 1. The molecule has 2 heterocycles. The van der Waals surface area contributed by atoms with Gasteiger partial charge in [0, 0.05) is 16.7 Å². The molecule has 1 aromatic heterocycles. The minimum absolute atomic E-state index is 0.00871. The van der Waals surface area contributed by atoms with Crippen LogP contribution in [0.4, 0.5) is 5.69 Å². The molecule has 6 heteroatoms. The van der Waals surface area contributed by atoms with E-state index in [0.717, 1.165) is 27.7 Å². The van der Waals surface area contributed by atoms with Gasteiger partial charge in [-0.2, -0.15) is 0 Å². The van der Waals surface area contributed by atoms with Gasteiger partial charge in [0.05, 0.1) is 17.2 Å². The van der Waals surface area contributed by atoms with Crippen molar-refractivity contribution < 1.29 is 4.79 Å². The van der Waals surface area contributed by atoms with Crippen LogP contribution >= 0.6 is 15.9 Å². The number of fused-ring (bicyclic) bond motifs is 2. The van der Waals surface area contributed by atoms with E-state index in [2.05, 4.69) is 20.9 Å². The maximum absolute atomic E-state index is 12.7. The van der Waals surface area contributed by atoms with Crippen molar-refractivity contribution in [2.45, 2.75) is 19.9 Å². The number of benzene rings is 2. The Morgan fingerprint density at radius 3 is 2.96 bits per heavy atom. The van der Waals surface area contributed by atoms with Gasteiger partial charge in [-0.15, -0.1) is 0 Å². The molecule has 1 aliphatic heterocycles. The van der Waals surface area contributed by atoms with Crippen molar-refractivity contribution in [1.29, 1.82) is 0 Å². The number of amides is 1. The summed E-state index contributed by atoms with van der Waals surface area (Å²) in [6.07, 6.45) is 2.29. The normalized spacial score (nSPS) is 13.3. The first-order valence-electron chi connectivity index (χ1n) is 8.08. The van der Waals surface area contributed by atoms with Gasteiger partial charge in [-0.1, -0.05) is 28.1 Å². The SMILES string of the molecule is Cc1cccc2c(=O)n(CC(=O)N3CCc4cc(Br)ccc43)cnc12. The van der Waals surface area contributed by atoms with Crippen molar-refractivity contribution >= 4 is 38.4 Å². The van der Waals surface area contributed by atoms with Crippen LogP contribution in [0.2, 0.25) is 0 Å². The zero-order chi connectivity index (χ0) is 17.6. The summed E-state index contributed by atoms with van der Waals surface area (Å²) >= 11 is 3.46. The molecule has 3 aromatic rings. The number of rotatable bonds is 2. The van der Waals surface area contributed by atoms with Gasteiger partial charge in [0.15, 0.2) is 0 Å². The Morgan fingerprint density at radius 1 is 1.28 bits per heavy atom. The average molecular weight is 398 g/mol. The summed E-state index contributed by atoms with van der Waals surface area (Å²) < 4.78 is 2.40. The summed E-state index contributed by atoms with van der Waals surface area (Å²) in [7, 11) is 0. The lowest BCUT2D eigenvalue weighted by atomic mass is 10.1. The molecule has 1 aliphatic rings. The quantitative estimate of drug-likeness (QED) is 0.667. The number of aryl methyl sites for hydroxylation is 1. The van der Waals surface area contributed by atoms with Crippen molar-refractivity contribution in [1.82, 2.24) is 9.55 Å². The Balaban J connectivity index is 1.66. The predicted molar refractivity (Wildman–Crippen MR) is 101 cm³/mol. The van der Waals surface area contributed by atoms with Crippen LogP contribution < -0.4 is 10.5 Å². The number of nitrogens with zero attached hydrogens (tertiary/aromatic N) is 3. The lowest BCUT2D eigenvalue weighted by Crippen LogP contribution is -2.35. The van der Waals surface area contributed by atoms with E-state index >= 15 is 0 Å². The molecule has 0 bridgehead atoms. The first kappa shape index (κ1) is 16.0. The number of carbonyl (C=O) groups excluding carboxylic acids is 1. The lowest BCUT2D eigenvalue weighted by Gasteiger charge is -2.18. The second-order valence-electron chi connectivity index (χ2n) is 6.22. The van der Waals surface area contributed by atoms with E-state index in [9.17, 15) is 9.59 Å². The molecule has 126 valence electrons. The van der Waals surface area contributed by atoms with Crippen molar-refractivity contribution in [2.75, 3.05) is 11.4 Å².